The number of carboxylic acid groups (broad SMARTS) is 1. The Labute approximate surface area is 378 Å². The van der Waals surface area contributed by atoms with Gasteiger partial charge in [0, 0.05) is 49.5 Å². The molecule has 3 amide bonds. The molecule has 27 heteroatoms. The summed E-state index contributed by atoms with van der Waals surface area (Å²) in [6.45, 7) is 2.06. The zero-order chi connectivity index (χ0) is 48.5. The molecule has 25 nitrogen and oxygen atoms in total. The Kier molecular flexibility index (Phi) is 12.7. The molecule has 67 heavy (non-hydrogen) atoms. The lowest BCUT2D eigenvalue weighted by Crippen LogP contribution is -2.22. The van der Waals surface area contributed by atoms with Gasteiger partial charge in [-0.3, -0.25) is 43.3 Å². The molecule has 3 aromatic heterocycles. The number of hydrogen-bond donors (Lipinski definition) is 5. The van der Waals surface area contributed by atoms with E-state index in [2.05, 4.69) is 35.4 Å². The Morgan fingerprint density at radius 3 is 2.33 bits per heavy atom. The highest BCUT2D eigenvalue weighted by molar-refractivity contribution is 7.92. The maximum atomic E-state index is 13.5. The van der Waals surface area contributed by atoms with E-state index in [1.54, 1.807) is 12.1 Å². The van der Waals surface area contributed by atoms with E-state index in [9.17, 15) is 51.8 Å². The van der Waals surface area contributed by atoms with Crippen LogP contribution in [0.25, 0.3) is 22.7 Å². The maximum Gasteiger partial charge on any atom is 0.338 e. The minimum atomic E-state index is -4.45. The third kappa shape index (κ3) is 9.72. The summed E-state index contributed by atoms with van der Waals surface area (Å²) >= 11 is -2.22. The number of primary amides is 1. The molecule has 1 atom stereocenters. The number of H-pyrrole nitrogens is 1. The van der Waals surface area contributed by atoms with Crippen molar-refractivity contribution in [1.29, 1.82) is 0 Å². The van der Waals surface area contributed by atoms with Gasteiger partial charge in [0.25, 0.3) is 27.2 Å². The van der Waals surface area contributed by atoms with E-state index >= 15 is 0 Å². The SMILES string of the molecule is CC(=O)Nc1nn2[nH]c(-c3ccc(C(N)=O)cc3)nc2c1N=Nc1ccc(S(=O)(=O)Nc2ccc(S(=O)OCc3c(C)on(-c4ccc(C(=O)N(C)C)cc4[N+](=O)[O-])c3=O)cc2)cc1C(=O)O. The number of fused-ring (bicyclic) bond motifs is 1. The molecule has 0 aliphatic rings. The monoisotopic (exact) mass is 954 g/mol. The average molecular weight is 955 g/mol. The van der Waals surface area contributed by atoms with Crippen molar-refractivity contribution in [3.05, 3.63) is 133 Å². The molecule has 0 saturated heterocycles. The lowest BCUT2D eigenvalue weighted by atomic mass is 10.1. The zero-order valence-electron chi connectivity index (χ0n) is 35.1. The first kappa shape index (κ1) is 46.3. The maximum absolute atomic E-state index is 13.5. The fraction of sp³-hybridized carbons (Fsp3) is 0.125. The molecule has 7 aromatic rings. The third-order valence-corrected chi connectivity index (χ3v) is 11.9. The van der Waals surface area contributed by atoms with Gasteiger partial charge < -0.3 is 25.6 Å². The Morgan fingerprint density at radius 1 is 1.01 bits per heavy atom. The molecule has 0 spiro atoms. The third-order valence-electron chi connectivity index (χ3n) is 9.52. The van der Waals surface area contributed by atoms with Gasteiger partial charge in [0.2, 0.25) is 17.5 Å². The van der Waals surface area contributed by atoms with Crippen LogP contribution in [0.5, 0.6) is 0 Å². The van der Waals surface area contributed by atoms with Crippen LogP contribution in [0.3, 0.4) is 0 Å². The van der Waals surface area contributed by atoms with Gasteiger partial charge in [0.1, 0.15) is 11.4 Å². The molecule has 0 bridgehead atoms. The second-order valence-corrected chi connectivity index (χ2v) is 17.2. The number of nitrogens with two attached hydrogens (primary N) is 1. The Hall–Kier alpha value is -8.69. The van der Waals surface area contributed by atoms with E-state index < -0.39 is 78.0 Å². The molecule has 4 aromatic carbocycles. The molecule has 1 unspecified atom stereocenters. The van der Waals surface area contributed by atoms with Gasteiger partial charge >= 0.3 is 5.97 Å². The van der Waals surface area contributed by atoms with Crippen molar-refractivity contribution >= 4 is 79.0 Å². The lowest BCUT2D eigenvalue weighted by Gasteiger charge is -2.10. The first-order valence-corrected chi connectivity index (χ1v) is 21.6. The van der Waals surface area contributed by atoms with Gasteiger partial charge in [-0.1, -0.05) is 12.1 Å². The van der Waals surface area contributed by atoms with Crippen molar-refractivity contribution in [3.8, 4) is 17.1 Å². The van der Waals surface area contributed by atoms with Crippen molar-refractivity contribution < 1.29 is 50.5 Å². The van der Waals surface area contributed by atoms with Gasteiger partial charge in [-0.2, -0.15) is 0 Å². The second-order valence-electron chi connectivity index (χ2n) is 14.3. The zero-order valence-corrected chi connectivity index (χ0v) is 36.7. The number of anilines is 2. The van der Waals surface area contributed by atoms with Crippen LogP contribution in [0.15, 0.2) is 114 Å². The molecular formula is C40H34N12O13S2. The van der Waals surface area contributed by atoms with E-state index in [-0.39, 0.29) is 67.4 Å². The predicted molar refractivity (Wildman–Crippen MR) is 235 cm³/mol. The highest BCUT2D eigenvalue weighted by atomic mass is 32.2. The van der Waals surface area contributed by atoms with E-state index in [0.29, 0.717) is 10.3 Å². The Bertz CT molecular complexity index is 3390. The minimum Gasteiger partial charge on any atom is -0.478 e. The number of aromatic amines is 1. The highest BCUT2D eigenvalue weighted by Gasteiger charge is 2.26. The number of rotatable bonds is 16. The number of nitrogens with one attached hydrogen (secondary N) is 3. The normalized spacial score (nSPS) is 12.0. The molecule has 0 aliphatic carbocycles. The number of nitro groups is 1. The fourth-order valence-electron chi connectivity index (χ4n) is 6.21. The largest absolute Gasteiger partial charge is 0.478 e. The van der Waals surface area contributed by atoms with Crippen LogP contribution in [-0.2, 0) is 36.7 Å². The summed E-state index contributed by atoms with van der Waals surface area (Å²) in [5.41, 5.74) is 3.45. The highest BCUT2D eigenvalue weighted by Crippen LogP contribution is 2.34. The number of aryl methyl sites for hydroxylation is 1. The van der Waals surface area contributed by atoms with Gasteiger partial charge in [-0.25, -0.2) is 22.4 Å². The molecule has 0 fully saturated rings. The van der Waals surface area contributed by atoms with Crippen LogP contribution >= 0.6 is 0 Å². The number of aromatic carboxylic acids is 1. The van der Waals surface area contributed by atoms with Crippen molar-refractivity contribution in [3.63, 3.8) is 0 Å². The first-order valence-electron chi connectivity index (χ1n) is 19.1. The summed E-state index contributed by atoms with van der Waals surface area (Å²) in [5, 5.41) is 39.7. The van der Waals surface area contributed by atoms with Crippen LogP contribution < -0.4 is 21.3 Å². The smallest absolute Gasteiger partial charge is 0.338 e. The van der Waals surface area contributed by atoms with Crippen molar-refractivity contribution in [1.82, 2.24) is 29.5 Å². The number of nitro benzene ring substituents is 1. The predicted octanol–water partition coefficient (Wildman–Crippen LogP) is 4.60. The number of carbonyl (C=O) groups is 4. The molecule has 6 N–H and O–H groups in total. The van der Waals surface area contributed by atoms with Gasteiger partial charge in [0.05, 0.1) is 32.4 Å². The number of sulfonamides is 1. The molecule has 0 radical (unpaired) electrons. The van der Waals surface area contributed by atoms with Crippen LogP contribution in [0, 0.1) is 17.0 Å². The standard InChI is InChI=1S/C40H34N12O13S2/c1-20-29(39(56)50(65-20)31-16-9-24(38(55)49(3)4)17-32(31)52(59)60)19-64-66(61)26-12-10-25(11-13-26)48-67(62,63)27-14-15-30(28(18-27)40(57)58)44-45-33-36(42-21(2)53)47-51-37(33)43-35(46-51)23-7-5-22(6-8-23)34(41)54/h5-18,48H,19H2,1-4H3,(H2,41,54)(H,43,46)(H,57,58)(H,42,47,53). The summed E-state index contributed by atoms with van der Waals surface area (Å²) in [6.07, 6.45) is 0. The second kappa shape index (κ2) is 18.4. The number of aromatic nitrogens is 5. The Balaban J connectivity index is 1.05. The van der Waals surface area contributed by atoms with Crippen molar-refractivity contribution in [2.24, 2.45) is 16.0 Å². The summed E-state index contributed by atoms with van der Waals surface area (Å²) < 4.78 is 55.1. The minimum absolute atomic E-state index is 0.00320. The summed E-state index contributed by atoms with van der Waals surface area (Å²) in [4.78, 5) is 77.9. The van der Waals surface area contributed by atoms with E-state index in [1.165, 1.54) is 86.0 Å². The molecule has 0 aliphatic heterocycles. The van der Waals surface area contributed by atoms with E-state index in [4.69, 9.17) is 14.4 Å². The van der Waals surface area contributed by atoms with Gasteiger partial charge in [-0.05, 0) is 73.7 Å². The molecular weight excluding hydrogens is 921 g/mol. The molecule has 7 rings (SSSR count). The number of benzene rings is 4. The first-order chi connectivity index (χ1) is 31.7. The Morgan fingerprint density at radius 2 is 1.70 bits per heavy atom. The number of amides is 3. The topological polar surface area (TPSA) is 351 Å². The van der Waals surface area contributed by atoms with Crippen LogP contribution in [0.4, 0.5) is 28.6 Å². The number of azo groups is 1. The number of carboxylic acids is 1. The number of carbonyl (C=O) groups excluding carboxylic acids is 3. The summed E-state index contributed by atoms with van der Waals surface area (Å²) in [6, 6.07) is 17.7. The van der Waals surface area contributed by atoms with Gasteiger partial charge in [-0.15, -0.1) is 24.7 Å². The van der Waals surface area contributed by atoms with Crippen LogP contribution in [0.2, 0.25) is 0 Å². The quantitative estimate of drug-likeness (QED) is 0.0502. The fourth-order valence-corrected chi connectivity index (χ4v) is 8.01. The summed E-state index contributed by atoms with van der Waals surface area (Å²) in [7, 11) is -1.51. The number of hydrogen-bond acceptors (Lipinski definition) is 16. The average Bonchev–Trinajstić information content (AvgIpc) is 3.93. The lowest BCUT2D eigenvalue weighted by molar-refractivity contribution is -0.384. The van der Waals surface area contributed by atoms with Crippen molar-refractivity contribution in [2.75, 3.05) is 24.1 Å². The molecule has 3 heterocycles. The molecule has 344 valence electrons. The van der Waals surface area contributed by atoms with E-state index in [0.717, 1.165) is 24.3 Å². The molecule has 0 saturated carbocycles. The summed E-state index contributed by atoms with van der Waals surface area (Å²) in [5.74, 6) is -3.01. The van der Waals surface area contributed by atoms with Gasteiger partial charge in [0.15, 0.2) is 34.1 Å². The van der Waals surface area contributed by atoms with Crippen molar-refractivity contribution in [2.45, 2.75) is 30.2 Å². The van der Waals surface area contributed by atoms with E-state index in [1.807, 2.05) is 0 Å². The van der Waals surface area contributed by atoms with Crippen LogP contribution in [0.1, 0.15) is 49.3 Å². The number of nitrogens with zero attached hydrogens (tertiary/aromatic N) is 8. The van der Waals surface area contributed by atoms with Crippen LogP contribution in [-0.4, -0.2) is 89.9 Å².